The molecular formula is C12H12F3N3O2. The minimum Gasteiger partial charge on any atom is -0.494 e. The molecule has 1 aromatic heterocycles. The second kappa shape index (κ2) is 5.12. The van der Waals surface area contributed by atoms with E-state index in [9.17, 15) is 13.2 Å². The zero-order valence-corrected chi connectivity index (χ0v) is 10.8. The monoisotopic (exact) mass is 287 g/mol. The smallest absolute Gasteiger partial charge is 0.435 e. The molecule has 0 atom stereocenters. The molecule has 1 heterocycles. The van der Waals surface area contributed by atoms with Gasteiger partial charge < -0.3 is 9.84 Å². The van der Waals surface area contributed by atoms with E-state index in [1.54, 1.807) is 19.1 Å². The highest BCUT2D eigenvalue weighted by Gasteiger charge is 2.40. The number of hydrogen-bond donors (Lipinski definition) is 1. The van der Waals surface area contributed by atoms with Crippen LogP contribution in [0.2, 0.25) is 0 Å². The van der Waals surface area contributed by atoms with E-state index in [4.69, 9.17) is 9.84 Å². The minimum absolute atomic E-state index is 0.118. The molecule has 2 aromatic rings. The van der Waals surface area contributed by atoms with E-state index in [0.717, 1.165) is 5.56 Å². The maximum absolute atomic E-state index is 13.1. The Morgan fingerprint density at radius 1 is 1.35 bits per heavy atom. The molecule has 5 nitrogen and oxygen atoms in total. The van der Waals surface area contributed by atoms with Crippen LogP contribution < -0.4 is 4.74 Å². The summed E-state index contributed by atoms with van der Waals surface area (Å²) in [7, 11) is 1.35. The molecule has 0 unspecified atom stereocenters. The van der Waals surface area contributed by atoms with Crippen LogP contribution in [0.3, 0.4) is 0 Å². The molecule has 0 aliphatic rings. The van der Waals surface area contributed by atoms with E-state index in [0.29, 0.717) is 4.68 Å². The molecule has 2 rings (SSSR count). The molecule has 0 amide bonds. The Labute approximate surface area is 112 Å². The molecular weight excluding hydrogens is 275 g/mol. The van der Waals surface area contributed by atoms with Crippen LogP contribution in [-0.2, 0) is 12.8 Å². The van der Waals surface area contributed by atoms with Gasteiger partial charge in [0.2, 0.25) is 0 Å². The van der Waals surface area contributed by atoms with Gasteiger partial charge in [0.05, 0.1) is 13.7 Å². The Hall–Kier alpha value is -2.09. The van der Waals surface area contributed by atoms with E-state index >= 15 is 0 Å². The number of benzene rings is 1. The minimum atomic E-state index is -4.68. The van der Waals surface area contributed by atoms with Crippen LogP contribution in [0, 0.1) is 6.92 Å². The van der Waals surface area contributed by atoms with Gasteiger partial charge in [-0.3, -0.25) is 0 Å². The second-order valence-electron chi connectivity index (χ2n) is 4.13. The third-order valence-corrected chi connectivity index (χ3v) is 2.72. The maximum atomic E-state index is 13.1. The molecule has 20 heavy (non-hydrogen) atoms. The lowest BCUT2D eigenvalue weighted by Gasteiger charge is -2.13. The number of halogens is 3. The van der Waals surface area contributed by atoms with Crippen LogP contribution in [-0.4, -0.2) is 27.2 Å². The predicted octanol–water partition coefficient (Wildman–Crippen LogP) is 2.10. The zero-order valence-electron chi connectivity index (χ0n) is 10.8. The average Bonchev–Trinajstić information content (AvgIpc) is 2.82. The van der Waals surface area contributed by atoms with Gasteiger partial charge >= 0.3 is 6.18 Å². The fourth-order valence-corrected chi connectivity index (χ4v) is 1.84. The Kier molecular flexibility index (Phi) is 3.67. The number of aryl methyl sites for hydroxylation is 1. The summed E-state index contributed by atoms with van der Waals surface area (Å²) < 4.78 is 45.0. The summed E-state index contributed by atoms with van der Waals surface area (Å²) >= 11 is 0. The van der Waals surface area contributed by atoms with Crippen LogP contribution in [0.25, 0.3) is 5.69 Å². The summed E-state index contributed by atoms with van der Waals surface area (Å²) in [5.41, 5.74) is -0.771. The van der Waals surface area contributed by atoms with Crippen molar-refractivity contribution in [1.82, 2.24) is 15.0 Å². The van der Waals surface area contributed by atoms with Crippen LogP contribution in [0.5, 0.6) is 5.75 Å². The lowest BCUT2D eigenvalue weighted by molar-refractivity contribution is -0.144. The Balaban J connectivity index is 2.70. The van der Waals surface area contributed by atoms with Gasteiger partial charge in [-0.15, -0.1) is 5.10 Å². The second-order valence-corrected chi connectivity index (χ2v) is 4.13. The maximum Gasteiger partial charge on any atom is 0.435 e. The summed E-state index contributed by atoms with van der Waals surface area (Å²) in [4.78, 5) is 0. The summed E-state index contributed by atoms with van der Waals surface area (Å²) in [6.45, 7) is 0.892. The van der Waals surface area contributed by atoms with Gasteiger partial charge in [-0.25, -0.2) is 4.68 Å². The van der Waals surface area contributed by atoms with Crippen molar-refractivity contribution < 1.29 is 23.0 Å². The molecule has 0 aliphatic carbocycles. The van der Waals surface area contributed by atoms with Gasteiger partial charge in [0.1, 0.15) is 17.1 Å². The number of ether oxygens (including phenoxy) is 1. The van der Waals surface area contributed by atoms with Crippen LogP contribution in [0.1, 0.15) is 17.0 Å². The molecule has 1 aromatic carbocycles. The van der Waals surface area contributed by atoms with E-state index < -0.39 is 24.2 Å². The third kappa shape index (κ3) is 2.46. The van der Waals surface area contributed by atoms with E-state index in [-0.39, 0.29) is 11.4 Å². The molecule has 0 bridgehead atoms. The lowest BCUT2D eigenvalue weighted by Crippen LogP contribution is -2.16. The van der Waals surface area contributed by atoms with Crippen molar-refractivity contribution in [2.75, 3.05) is 7.11 Å². The van der Waals surface area contributed by atoms with Gasteiger partial charge in [0.25, 0.3) is 0 Å². The fourth-order valence-electron chi connectivity index (χ4n) is 1.84. The van der Waals surface area contributed by atoms with Crippen LogP contribution in [0.4, 0.5) is 13.2 Å². The first-order chi connectivity index (χ1) is 9.38. The van der Waals surface area contributed by atoms with Crippen molar-refractivity contribution in [2.24, 2.45) is 0 Å². The number of rotatable bonds is 3. The largest absolute Gasteiger partial charge is 0.494 e. The molecule has 0 radical (unpaired) electrons. The van der Waals surface area contributed by atoms with Crippen molar-refractivity contribution in [3.63, 3.8) is 0 Å². The van der Waals surface area contributed by atoms with Crippen molar-refractivity contribution in [3.05, 3.63) is 35.2 Å². The average molecular weight is 287 g/mol. The number of alkyl halides is 3. The zero-order chi connectivity index (χ0) is 14.9. The van der Waals surface area contributed by atoms with Gasteiger partial charge in [-0.2, -0.15) is 13.2 Å². The summed E-state index contributed by atoms with van der Waals surface area (Å²) in [5, 5.41) is 15.8. The number of aliphatic hydroxyl groups is 1. The number of hydrogen-bond acceptors (Lipinski definition) is 4. The third-order valence-electron chi connectivity index (χ3n) is 2.72. The standard InChI is InChI=1S/C12H12F3N3O2/c1-7-3-4-10(20-2)9(5-7)18-11(12(13,14)15)8(6-19)16-17-18/h3-5,19H,6H2,1-2H3. The lowest BCUT2D eigenvalue weighted by atomic mass is 10.2. The normalized spacial score (nSPS) is 11.7. The highest BCUT2D eigenvalue weighted by Crippen LogP contribution is 2.35. The molecule has 0 saturated heterocycles. The molecule has 1 N–H and O–H groups in total. The highest BCUT2D eigenvalue weighted by molar-refractivity contribution is 5.49. The Morgan fingerprint density at radius 3 is 2.60 bits per heavy atom. The quantitative estimate of drug-likeness (QED) is 0.939. The van der Waals surface area contributed by atoms with Crippen molar-refractivity contribution in [3.8, 4) is 11.4 Å². The topological polar surface area (TPSA) is 60.2 Å². The van der Waals surface area contributed by atoms with Gasteiger partial charge in [-0.1, -0.05) is 11.3 Å². The number of nitrogens with zero attached hydrogens (tertiary/aromatic N) is 3. The van der Waals surface area contributed by atoms with Gasteiger partial charge in [0.15, 0.2) is 5.69 Å². The predicted molar refractivity (Wildman–Crippen MR) is 63.6 cm³/mol. The first-order valence-electron chi connectivity index (χ1n) is 5.66. The first-order valence-corrected chi connectivity index (χ1v) is 5.66. The van der Waals surface area contributed by atoms with Crippen LogP contribution in [0.15, 0.2) is 18.2 Å². The Bertz CT molecular complexity index is 623. The Morgan fingerprint density at radius 2 is 2.05 bits per heavy atom. The highest BCUT2D eigenvalue weighted by atomic mass is 19.4. The molecule has 0 spiro atoms. The number of methoxy groups -OCH3 is 1. The van der Waals surface area contributed by atoms with Crippen molar-refractivity contribution in [1.29, 1.82) is 0 Å². The molecule has 0 saturated carbocycles. The van der Waals surface area contributed by atoms with Crippen LogP contribution >= 0.6 is 0 Å². The summed E-state index contributed by atoms with van der Waals surface area (Å²) in [6, 6.07) is 4.76. The molecule has 8 heteroatoms. The fraction of sp³-hybridized carbons (Fsp3) is 0.333. The molecule has 0 fully saturated rings. The van der Waals surface area contributed by atoms with E-state index in [1.165, 1.54) is 13.2 Å². The van der Waals surface area contributed by atoms with Gasteiger partial charge in [-0.05, 0) is 24.6 Å². The molecule has 108 valence electrons. The summed E-state index contributed by atoms with van der Waals surface area (Å²) in [6.07, 6.45) is -4.68. The SMILES string of the molecule is COc1ccc(C)cc1-n1nnc(CO)c1C(F)(F)F. The van der Waals surface area contributed by atoms with Crippen molar-refractivity contribution in [2.45, 2.75) is 19.7 Å². The molecule has 0 aliphatic heterocycles. The number of aliphatic hydroxyl groups excluding tert-OH is 1. The van der Waals surface area contributed by atoms with Crippen molar-refractivity contribution >= 4 is 0 Å². The first kappa shape index (κ1) is 14.3. The van der Waals surface area contributed by atoms with E-state index in [2.05, 4.69) is 10.3 Å². The van der Waals surface area contributed by atoms with Gasteiger partial charge in [0, 0.05) is 0 Å². The number of aromatic nitrogens is 3. The summed E-state index contributed by atoms with van der Waals surface area (Å²) in [5.74, 6) is 0.232. The van der Waals surface area contributed by atoms with E-state index in [1.807, 2.05) is 0 Å².